The number of rotatable bonds is 4. The van der Waals surface area contributed by atoms with Crippen molar-refractivity contribution in [3.05, 3.63) is 0 Å². The van der Waals surface area contributed by atoms with Gasteiger partial charge in [-0.15, -0.1) is 0 Å². The number of carbonyl (C=O) groups excluding carboxylic acids is 2. The molecule has 2 unspecified atom stereocenters. The van der Waals surface area contributed by atoms with Gasteiger partial charge in [-0.05, 0) is 64.2 Å². The van der Waals surface area contributed by atoms with Crippen molar-refractivity contribution in [3.8, 4) is 0 Å². The average molecular weight is 426 g/mol. The highest BCUT2D eigenvalue weighted by molar-refractivity contribution is 9.10. The normalized spacial score (nSPS) is 39.5. The van der Waals surface area contributed by atoms with Gasteiger partial charge in [0.15, 0.2) is 0 Å². The molecule has 2 atom stereocenters. The molecule has 1 saturated heterocycles. The molecular formula is C20H32BrN3O2. The van der Waals surface area contributed by atoms with Crippen molar-refractivity contribution in [1.29, 1.82) is 0 Å². The van der Waals surface area contributed by atoms with E-state index < -0.39 is 0 Å². The second-order valence-corrected chi connectivity index (χ2v) is 11.4. The summed E-state index contributed by atoms with van der Waals surface area (Å²) in [5, 5.41) is 2.95. The van der Waals surface area contributed by atoms with Crippen LogP contribution in [-0.2, 0) is 9.59 Å². The van der Waals surface area contributed by atoms with Gasteiger partial charge < -0.3 is 10.2 Å². The van der Waals surface area contributed by atoms with Gasteiger partial charge in [0, 0.05) is 36.5 Å². The highest BCUT2D eigenvalue weighted by Gasteiger charge is 2.60. The summed E-state index contributed by atoms with van der Waals surface area (Å²) in [6.45, 7) is 7.55. The van der Waals surface area contributed by atoms with Gasteiger partial charge in [0.05, 0.1) is 12.0 Å². The molecule has 26 heavy (non-hydrogen) atoms. The van der Waals surface area contributed by atoms with Crippen molar-refractivity contribution in [1.82, 2.24) is 15.1 Å². The molecule has 0 spiro atoms. The third kappa shape index (κ3) is 3.56. The first-order chi connectivity index (χ1) is 12.3. The van der Waals surface area contributed by atoms with Crippen LogP contribution >= 0.6 is 15.9 Å². The predicted molar refractivity (Wildman–Crippen MR) is 105 cm³/mol. The van der Waals surface area contributed by atoms with E-state index in [1.807, 2.05) is 13.8 Å². The van der Waals surface area contributed by atoms with Crippen molar-refractivity contribution < 1.29 is 9.59 Å². The van der Waals surface area contributed by atoms with Gasteiger partial charge in [-0.1, -0.05) is 15.9 Å². The first-order valence-electron chi connectivity index (χ1n) is 10.3. The first kappa shape index (κ1) is 18.7. The van der Waals surface area contributed by atoms with Gasteiger partial charge in [0.25, 0.3) is 0 Å². The Morgan fingerprint density at radius 1 is 1.08 bits per heavy atom. The lowest BCUT2D eigenvalue weighted by Gasteiger charge is -2.60. The smallest absolute Gasteiger partial charge is 0.234 e. The second-order valence-electron chi connectivity index (χ2n) is 9.68. The topological polar surface area (TPSA) is 52.7 Å². The van der Waals surface area contributed by atoms with Gasteiger partial charge in [-0.2, -0.15) is 0 Å². The Labute approximate surface area is 165 Å². The third-order valence-corrected chi connectivity index (χ3v) is 7.85. The lowest BCUT2D eigenvalue weighted by atomic mass is 9.49. The summed E-state index contributed by atoms with van der Waals surface area (Å²) in [5.41, 5.74) is -0.106. The summed E-state index contributed by atoms with van der Waals surface area (Å²) in [6.07, 6.45) is 7.10. The molecule has 1 aliphatic heterocycles. The molecule has 0 aromatic carbocycles. The van der Waals surface area contributed by atoms with E-state index in [4.69, 9.17) is 0 Å². The molecule has 5 aliphatic rings. The molecule has 5 fully saturated rings. The van der Waals surface area contributed by atoms with Crippen molar-refractivity contribution in [2.24, 2.45) is 17.3 Å². The number of hydrogen-bond donors (Lipinski definition) is 1. The van der Waals surface area contributed by atoms with E-state index in [2.05, 4.69) is 31.0 Å². The quantitative estimate of drug-likeness (QED) is 0.703. The van der Waals surface area contributed by atoms with E-state index in [-0.39, 0.29) is 21.7 Å². The summed E-state index contributed by atoms with van der Waals surface area (Å²) < 4.78 is 0.226. The van der Waals surface area contributed by atoms with E-state index in [0.29, 0.717) is 12.5 Å². The minimum absolute atomic E-state index is 0.0853. The maximum atomic E-state index is 13.5. The Morgan fingerprint density at radius 3 is 2.23 bits per heavy atom. The number of halogens is 1. The number of nitrogens with one attached hydrogen (secondary N) is 1. The van der Waals surface area contributed by atoms with Crippen LogP contribution in [0.5, 0.6) is 0 Å². The van der Waals surface area contributed by atoms with Gasteiger partial charge in [0.1, 0.15) is 0 Å². The van der Waals surface area contributed by atoms with Crippen LogP contribution in [0.15, 0.2) is 0 Å². The number of amides is 2. The fourth-order valence-electron chi connectivity index (χ4n) is 6.42. The van der Waals surface area contributed by atoms with Crippen LogP contribution in [0.4, 0.5) is 0 Å². The lowest BCUT2D eigenvalue weighted by molar-refractivity contribution is -0.157. The molecule has 146 valence electrons. The molecular weight excluding hydrogens is 394 g/mol. The molecule has 1 N–H and O–H groups in total. The second kappa shape index (κ2) is 6.77. The maximum absolute atomic E-state index is 13.5. The number of hydrogen-bond acceptors (Lipinski definition) is 3. The summed E-state index contributed by atoms with van der Waals surface area (Å²) in [4.78, 5) is 29.7. The largest absolute Gasteiger partial charge is 0.353 e. The minimum atomic E-state index is -0.106. The van der Waals surface area contributed by atoms with Crippen LogP contribution in [0.1, 0.15) is 52.4 Å². The molecule has 4 bridgehead atoms. The maximum Gasteiger partial charge on any atom is 0.234 e. The SMILES string of the molecule is CC(C)NC(=O)CN1CCN(C(=O)C23CC4CC(CC(Br)(C4)C2)C3)CC1. The zero-order chi connectivity index (χ0) is 18.5. The van der Waals surface area contributed by atoms with E-state index in [9.17, 15) is 9.59 Å². The molecule has 0 aromatic rings. The Hall–Kier alpha value is -0.620. The van der Waals surface area contributed by atoms with Crippen LogP contribution in [0, 0.1) is 17.3 Å². The highest BCUT2D eigenvalue weighted by atomic mass is 79.9. The Kier molecular flexibility index (Phi) is 4.87. The number of piperazine rings is 1. The van der Waals surface area contributed by atoms with E-state index in [1.54, 1.807) is 0 Å². The highest BCUT2D eigenvalue weighted by Crippen LogP contribution is 2.64. The van der Waals surface area contributed by atoms with Crippen LogP contribution in [0.25, 0.3) is 0 Å². The molecule has 4 aliphatic carbocycles. The summed E-state index contributed by atoms with van der Waals surface area (Å²) in [5.74, 6) is 1.96. The first-order valence-corrected chi connectivity index (χ1v) is 11.1. The molecule has 0 radical (unpaired) electrons. The van der Waals surface area contributed by atoms with Crippen molar-refractivity contribution in [2.75, 3.05) is 32.7 Å². The van der Waals surface area contributed by atoms with Crippen molar-refractivity contribution >= 4 is 27.7 Å². The fourth-order valence-corrected chi connectivity index (χ4v) is 7.87. The number of nitrogens with zero attached hydrogens (tertiary/aromatic N) is 2. The van der Waals surface area contributed by atoms with Crippen LogP contribution in [-0.4, -0.2) is 64.7 Å². The van der Waals surface area contributed by atoms with Gasteiger partial charge in [-0.25, -0.2) is 0 Å². The van der Waals surface area contributed by atoms with Crippen molar-refractivity contribution in [3.63, 3.8) is 0 Å². The average Bonchev–Trinajstić information content (AvgIpc) is 2.51. The van der Waals surface area contributed by atoms with Crippen LogP contribution in [0.2, 0.25) is 0 Å². The van der Waals surface area contributed by atoms with Gasteiger partial charge in [-0.3, -0.25) is 14.5 Å². The van der Waals surface area contributed by atoms with Crippen molar-refractivity contribution in [2.45, 2.75) is 62.7 Å². The molecule has 1 heterocycles. The summed E-state index contributed by atoms with van der Waals surface area (Å²) in [7, 11) is 0. The van der Waals surface area contributed by atoms with E-state index in [0.717, 1.165) is 57.3 Å². The molecule has 0 aromatic heterocycles. The Balaban J connectivity index is 1.35. The zero-order valence-electron chi connectivity index (χ0n) is 16.1. The predicted octanol–water partition coefficient (Wildman–Crippen LogP) is 2.39. The minimum Gasteiger partial charge on any atom is -0.353 e. The number of alkyl halides is 1. The molecule has 5 rings (SSSR count). The Bertz CT molecular complexity index is 572. The van der Waals surface area contributed by atoms with E-state index in [1.165, 1.54) is 19.3 Å². The fraction of sp³-hybridized carbons (Fsp3) is 0.900. The standard InChI is InChI=1S/C20H32BrN3O2/c1-14(2)22-17(25)12-23-3-5-24(6-4-23)18(26)19-8-15-7-16(9-19)11-20(21,10-15)13-19/h14-16H,3-13H2,1-2H3,(H,22,25). The Morgan fingerprint density at radius 2 is 1.69 bits per heavy atom. The molecule has 6 heteroatoms. The third-order valence-electron chi connectivity index (χ3n) is 6.92. The summed E-state index contributed by atoms with van der Waals surface area (Å²) >= 11 is 4.02. The van der Waals surface area contributed by atoms with Crippen LogP contribution in [0.3, 0.4) is 0 Å². The summed E-state index contributed by atoms with van der Waals surface area (Å²) in [6, 6.07) is 0.179. The molecule has 5 nitrogen and oxygen atoms in total. The zero-order valence-corrected chi connectivity index (χ0v) is 17.7. The van der Waals surface area contributed by atoms with Crippen LogP contribution < -0.4 is 5.32 Å². The number of carbonyl (C=O) groups is 2. The van der Waals surface area contributed by atoms with E-state index >= 15 is 0 Å². The monoisotopic (exact) mass is 425 g/mol. The lowest BCUT2D eigenvalue weighted by Crippen LogP contribution is -2.61. The van der Waals surface area contributed by atoms with Gasteiger partial charge in [0.2, 0.25) is 11.8 Å². The van der Waals surface area contributed by atoms with Gasteiger partial charge >= 0.3 is 0 Å². The molecule has 2 amide bonds. The molecule has 4 saturated carbocycles.